The number of hydrogen-bond acceptors (Lipinski definition) is 8. The zero-order valence-corrected chi connectivity index (χ0v) is 22.9. The van der Waals surface area contributed by atoms with E-state index < -0.39 is 23.8 Å². The van der Waals surface area contributed by atoms with Gasteiger partial charge in [-0.2, -0.15) is 0 Å². The van der Waals surface area contributed by atoms with Gasteiger partial charge in [-0.25, -0.2) is 9.59 Å². The zero-order chi connectivity index (χ0) is 28.1. The van der Waals surface area contributed by atoms with Crippen molar-refractivity contribution >= 4 is 63.1 Å². The molecule has 4 rings (SSSR count). The average molecular weight is 619 g/mol. The summed E-state index contributed by atoms with van der Waals surface area (Å²) in [4.78, 5) is 50.6. The van der Waals surface area contributed by atoms with E-state index in [1.165, 1.54) is 32.4 Å². The van der Waals surface area contributed by atoms with Crippen LogP contribution in [0.1, 0.15) is 21.9 Å². The second-order valence-corrected chi connectivity index (χ2v) is 9.36. The smallest absolute Gasteiger partial charge is 0.373 e. The lowest BCUT2D eigenvalue weighted by molar-refractivity contribution is -0.123. The van der Waals surface area contributed by atoms with Gasteiger partial charge in [-0.15, -0.1) is 0 Å². The highest BCUT2D eigenvalue weighted by atomic mass is 79.9. The summed E-state index contributed by atoms with van der Waals surface area (Å²) in [5.74, 6) is -1.15. The third-order valence-corrected chi connectivity index (χ3v) is 6.08. The Kier molecular flexibility index (Phi) is 8.57. The number of methoxy groups -OCH3 is 2. The van der Waals surface area contributed by atoms with Crippen molar-refractivity contribution in [3.8, 4) is 11.5 Å². The number of rotatable bonds is 9. The average Bonchev–Trinajstić information content (AvgIpc) is 3.49. The molecule has 11 nitrogen and oxygen atoms in total. The molecule has 0 atom stereocenters. The molecule has 2 heterocycles. The SMILES string of the molecule is COC(=O)c1ccc(CN2C(=O)N/C(=C/c3cc(Br)cc(OC)c3OCC(=O)Nc3ccc(Cl)cc3)C2=O)o1. The number of ether oxygens (including phenoxy) is 3. The predicted molar refractivity (Wildman–Crippen MR) is 143 cm³/mol. The van der Waals surface area contributed by atoms with Crippen molar-refractivity contribution in [1.82, 2.24) is 10.2 Å². The van der Waals surface area contributed by atoms with Gasteiger partial charge in [0, 0.05) is 20.7 Å². The molecule has 1 fully saturated rings. The maximum Gasteiger partial charge on any atom is 0.373 e. The van der Waals surface area contributed by atoms with Crippen LogP contribution in [0.2, 0.25) is 5.02 Å². The molecule has 3 aromatic rings. The van der Waals surface area contributed by atoms with Crippen molar-refractivity contribution in [3.63, 3.8) is 0 Å². The molecule has 0 bridgehead atoms. The normalized spacial score (nSPS) is 13.8. The molecule has 0 spiro atoms. The number of urea groups is 1. The van der Waals surface area contributed by atoms with Gasteiger partial charge in [0.25, 0.3) is 11.8 Å². The van der Waals surface area contributed by atoms with E-state index in [1.807, 2.05) is 0 Å². The topological polar surface area (TPSA) is 136 Å². The van der Waals surface area contributed by atoms with Crippen LogP contribution in [-0.4, -0.2) is 49.5 Å². The van der Waals surface area contributed by atoms with Crippen LogP contribution in [-0.2, 0) is 20.9 Å². The number of esters is 1. The number of anilines is 1. The minimum absolute atomic E-state index is 0.0460. The first kappa shape index (κ1) is 27.7. The van der Waals surface area contributed by atoms with Crippen molar-refractivity contribution in [1.29, 1.82) is 0 Å². The minimum Gasteiger partial charge on any atom is -0.493 e. The number of hydrogen-bond donors (Lipinski definition) is 2. The molecule has 2 aromatic carbocycles. The summed E-state index contributed by atoms with van der Waals surface area (Å²) in [6.07, 6.45) is 1.40. The summed E-state index contributed by atoms with van der Waals surface area (Å²) in [5.41, 5.74) is 0.847. The van der Waals surface area contributed by atoms with Gasteiger partial charge in [0.05, 0.1) is 20.8 Å². The number of nitrogens with one attached hydrogen (secondary N) is 2. The van der Waals surface area contributed by atoms with Gasteiger partial charge in [-0.05, 0) is 54.6 Å². The molecular formula is C26H21BrClN3O8. The van der Waals surface area contributed by atoms with E-state index in [9.17, 15) is 19.2 Å². The van der Waals surface area contributed by atoms with E-state index in [4.69, 9.17) is 25.5 Å². The van der Waals surface area contributed by atoms with Crippen LogP contribution in [0.15, 0.2) is 63.1 Å². The van der Waals surface area contributed by atoms with E-state index in [-0.39, 0.29) is 41.9 Å². The number of carbonyl (C=O) groups is 4. The monoisotopic (exact) mass is 617 g/mol. The van der Waals surface area contributed by atoms with Gasteiger partial charge in [0.2, 0.25) is 5.76 Å². The largest absolute Gasteiger partial charge is 0.493 e. The van der Waals surface area contributed by atoms with Gasteiger partial charge >= 0.3 is 12.0 Å². The Balaban J connectivity index is 1.53. The van der Waals surface area contributed by atoms with Crippen LogP contribution >= 0.6 is 27.5 Å². The zero-order valence-electron chi connectivity index (χ0n) is 20.6. The third-order valence-electron chi connectivity index (χ3n) is 5.37. The van der Waals surface area contributed by atoms with Gasteiger partial charge in [0.15, 0.2) is 18.1 Å². The Morgan fingerprint density at radius 2 is 1.87 bits per heavy atom. The van der Waals surface area contributed by atoms with Gasteiger partial charge in [0.1, 0.15) is 11.5 Å². The molecule has 13 heteroatoms. The molecule has 202 valence electrons. The fraction of sp³-hybridized carbons (Fsp3) is 0.154. The minimum atomic E-state index is -0.686. The molecule has 0 unspecified atom stereocenters. The molecule has 1 aliphatic rings. The second-order valence-electron chi connectivity index (χ2n) is 8.01. The van der Waals surface area contributed by atoms with Crippen LogP contribution in [0.25, 0.3) is 6.08 Å². The molecule has 39 heavy (non-hydrogen) atoms. The quantitative estimate of drug-likeness (QED) is 0.202. The highest BCUT2D eigenvalue weighted by Gasteiger charge is 2.35. The molecule has 2 N–H and O–H groups in total. The molecule has 1 aromatic heterocycles. The molecule has 0 saturated carbocycles. The Hall–Kier alpha value is -4.29. The predicted octanol–water partition coefficient (Wildman–Crippen LogP) is 4.60. The Bertz CT molecular complexity index is 1470. The number of amides is 4. The summed E-state index contributed by atoms with van der Waals surface area (Å²) in [5, 5.41) is 5.74. The van der Waals surface area contributed by atoms with Crippen molar-refractivity contribution in [3.05, 3.63) is 80.8 Å². The van der Waals surface area contributed by atoms with Crippen molar-refractivity contribution in [2.24, 2.45) is 0 Å². The Morgan fingerprint density at radius 3 is 2.56 bits per heavy atom. The number of nitrogens with zero attached hydrogens (tertiary/aromatic N) is 1. The molecule has 0 radical (unpaired) electrons. The van der Waals surface area contributed by atoms with E-state index in [0.717, 1.165) is 4.90 Å². The Morgan fingerprint density at radius 1 is 1.13 bits per heavy atom. The van der Waals surface area contributed by atoms with Gasteiger partial charge in [-0.1, -0.05) is 27.5 Å². The maximum atomic E-state index is 13.0. The summed E-state index contributed by atoms with van der Waals surface area (Å²) in [6, 6.07) is 12.0. The van der Waals surface area contributed by atoms with Crippen LogP contribution in [0.5, 0.6) is 11.5 Å². The summed E-state index contributed by atoms with van der Waals surface area (Å²) in [7, 11) is 2.63. The summed E-state index contributed by atoms with van der Waals surface area (Å²) < 4.78 is 21.7. The fourth-order valence-corrected chi connectivity index (χ4v) is 4.15. The number of imide groups is 1. The van der Waals surface area contributed by atoms with Gasteiger partial charge in [-0.3, -0.25) is 14.5 Å². The number of benzene rings is 2. The van der Waals surface area contributed by atoms with E-state index in [1.54, 1.807) is 36.4 Å². The molecular weight excluding hydrogens is 598 g/mol. The van der Waals surface area contributed by atoms with Crippen molar-refractivity contribution < 1.29 is 37.8 Å². The van der Waals surface area contributed by atoms with Crippen LogP contribution in [0, 0.1) is 0 Å². The van der Waals surface area contributed by atoms with E-state index in [2.05, 4.69) is 31.3 Å². The van der Waals surface area contributed by atoms with Gasteiger partial charge < -0.3 is 29.3 Å². The first-order valence-electron chi connectivity index (χ1n) is 11.3. The van der Waals surface area contributed by atoms with Crippen molar-refractivity contribution in [2.75, 3.05) is 26.1 Å². The fourth-order valence-electron chi connectivity index (χ4n) is 3.57. The van der Waals surface area contributed by atoms with Crippen molar-refractivity contribution in [2.45, 2.75) is 6.54 Å². The van der Waals surface area contributed by atoms with Crippen LogP contribution in [0.3, 0.4) is 0 Å². The lowest BCUT2D eigenvalue weighted by Crippen LogP contribution is -2.30. The lowest BCUT2D eigenvalue weighted by atomic mass is 10.1. The highest BCUT2D eigenvalue weighted by molar-refractivity contribution is 9.10. The number of furan rings is 1. The summed E-state index contributed by atoms with van der Waals surface area (Å²) in [6.45, 7) is -0.584. The standard InChI is InChI=1S/C26H21BrClN3O8/c1-36-21-11-15(27)9-14(23(21)38-13-22(32)29-17-5-3-16(28)4-6-17)10-19-24(33)31(26(35)30-19)12-18-7-8-20(39-18)25(34)37-2/h3-11H,12-13H2,1-2H3,(H,29,32)(H,30,35)/b19-10+. The molecule has 1 saturated heterocycles. The first-order valence-corrected chi connectivity index (χ1v) is 12.4. The lowest BCUT2D eigenvalue weighted by Gasteiger charge is -2.15. The Labute approximate surface area is 235 Å². The molecule has 4 amide bonds. The van der Waals surface area contributed by atoms with Crippen LogP contribution < -0.4 is 20.1 Å². The number of carbonyl (C=O) groups excluding carboxylic acids is 4. The molecule has 0 aliphatic carbocycles. The second kappa shape index (κ2) is 12.0. The first-order chi connectivity index (χ1) is 18.7. The highest BCUT2D eigenvalue weighted by Crippen LogP contribution is 2.36. The van der Waals surface area contributed by atoms with E-state index >= 15 is 0 Å². The number of halogens is 2. The maximum absolute atomic E-state index is 13.0. The van der Waals surface area contributed by atoms with E-state index in [0.29, 0.717) is 20.7 Å². The third kappa shape index (κ3) is 6.59. The van der Waals surface area contributed by atoms with Crippen LogP contribution in [0.4, 0.5) is 10.5 Å². The summed E-state index contributed by atoms with van der Waals surface area (Å²) >= 11 is 9.26. The molecule has 1 aliphatic heterocycles.